The van der Waals surface area contributed by atoms with Crippen LogP contribution >= 0.6 is 0 Å². The number of rotatable bonds is 4. The van der Waals surface area contributed by atoms with Crippen LogP contribution in [-0.2, 0) is 4.74 Å². The van der Waals surface area contributed by atoms with Crippen LogP contribution in [0.3, 0.4) is 0 Å². The van der Waals surface area contributed by atoms with Gasteiger partial charge in [0.15, 0.2) is 0 Å². The van der Waals surface area contributed by atoms with Crippen molar-refractivity contribution in [2.24, 2.45) is 5.73 Å². The lowest BCUT2D eigenvalue weighted by Crippen LogP contribution is -2.56. The predicted octanol–water partition coefficient (Wildman–Crippen LogP) is 2.91. The van der Waals surface area contributed by atoms with Gasteiger partial charge in [0.05, 0.1) is 5.54 Å². The molecule has 1 rings (SSSR count). The van der Waals surface area contributed by atoms with Crippen LogP contribution in [0.15, 0.2) is 0 Å². The van der Waals surface area contributed by atoms with Crippen molar-refractivity contribution in [3.05, 3.63) is 0 Å². The summed E-state index contributed by atoms with van der Waals surface area (Å²) in [5.74, 6) is 0. The van der Waals surface area contributed by atoms with Crippen molar-refractivity contribution in [3.8, 4) is 0 Å². The summed E-state index contributed by atoms with van der Waals surface area (Å²) in [7, 11) is 0. The first-order valence-corrected chi connectivity index (χ1v) is 7.05. The summed E-state index contributed by atoms with van der Waals surface area (Å²) in [4.78, 5) is 14.2. The van der Waals surface area contributed by atoms with E-state index < -0.39 is 5.60 Å². The van der Waals surface area contributed by atoms with E-state index >= 15 is 0 Å². The molecule has 0 unspecified atom stereocenters. The minimum atomic E-state index is -0.447. The van der Waals surface area contributed by atoms with Crippen molar-refractivity contribution in [2.75, 3.05) is 13.1 Å². The maximum absolute atomic E-state index is 12.3. The minimum absolute atomic E-state index is 0.168. The standard InChI is InChI=1S/C14H28N2O2/c1-5-10-16(12(17)18-13(2,3)4)14(11-15)8-6-7-9-14/h5-11,15H2,1-4H3. The van der Waals surface area contributed by atoms with Crippen LogP contribution in [0.4, 0.5) is 4.79 Å². The molecule has 1 saturated carbocycles. The van der Waals surface area contributed by atoms with Crippen LogP contribution in [0, 0.1) is 0 Å². The fraction of sp³-hybridized carbons (Fsp3) is 0.929. The SMILES string of the molecule is CCCN(C(=O)OC(C)(C)C)C1(CN)CCCC1. The lowest BCUT2D eigenvalue weighted by atomic mass is 9.95. The van der Waals surface area contributed by atoms with E-state index in [0.29, 0.717) is 6.54 Å². The van der Waals surface area contributed by atoms with E-state index in [1.165, 1.54) is 0 Å². The minimum Gasteiger partial charge on any atom is -0.444 e. The zero-order valence-corrected chi connectivity index (χ0v) is 12.3. The highest BCUT2D eigenvalue weighted by Gasteiger charge is 2.42. The van der Waals surface area contributed by atoms with Crippen LogP contribution in [-0.4, -0.2) is 35.2 Å². The van der Waals surface area contributed by atoms with Crippen molar-refractivity contribution >= 4 is 6.09 Å². The Bertz CT molecular complexity index is 278. The Morgan fingerprint density at radius 2 is 1.89 bits per heavy atom. The van der Waals surface area contributed by atoms with E-state index in [-0.39, 0.29) is 11.6 Å². The lowest BCUT2D eigenvalue weighted by Gasteiger charge is -2.41. The van der Waals surface area contributed by atoms with Crippen LogP contribution in [0.5, 0.6) is 0 Å². The molecule has 0 bridgehead atoms. The zero-order chi connectivity index (χ0) is 13.8. The molecule has 0 aromatic carbocycles. The van der Waals surface area contributed by atoms with E-state index in [4.69, 9.17) is 10.5 Å². The molecule has 4 nitrogen and oxygen atoms in total. The predicted molar refractivity (Wildman–Crippen MR) is 73.5 cm³/mol. The molecule has 106 valence electrons. The van der Waals surface area contributed by atoms with Gasteiger partial charge in [-0.3, -0.25) is 0 Å². The number of hydrogen-bond donors (Lipinski definition) is 1. The number of nitrogens with two attached hydrogens (primary N) is 1. The van der Waals surface area contributed by atoms with Gasteiger partial charge < -0.3 is 15.4 Å². The van der Waals surface area contributed by atoms with E-state index in [1.807, 2.05) is 25.7 Å². The fourth-order valence-corrected chi connectivity index (χ4v) is 2.68. The van der Waals surface area contributed by atoms with Crippen LogP contribution < -0.4 is 5.73 Å². The second-order valence-electron chi connectivity index (χ2n) is 6.27. The largest absolute Gasteiger partial charge is 0.444 e. The Balaban J connectivity index is 2.83. The number of carbonyl (C=O) groups is 1. The normalized spacial score (nSPS) is 18.7. The first-order chi connectivity index (χ1) is 8.34. The molecule has 0 radical (unpaired) electrons. The average molecular weight is 256 g/mol. The summed E-state index contributed by atoms with van der Waals surface area (Å²) in [5.41, 5.74) is 5.34. The van der Waals surface area contributed by atoms with E-state index in [1.54, 1.807) is 0 Å². The van der Waals surface area contributed by atoms with Crippen molar-refractivity contribution in [1.29, 1.82) is 0 Å². The van der Waals surface area contributed by atoms with Gasteiger partial charge in [-0.15, -0.1) is 0 Å². The monoisotopic (exact) mass is 256 g/mol. The highest BCUT2D eigenvalue weighted by molar-refractivity contribution is 5.69. The molecule has 1 aliphatic carbocycles. The summed E-state index contributed by atoms with van der Waals surface area (Å²) in [6.45, 7) is 9.05. The molecule has 0 heterocycles. The maximum atomic E-state index is 12.3. The van der Waals surface area contributed by atoms with Gasteiger partial charge >= 0.3 is 6.09 Å². The smallest absolute Gasteiger partial charge is 0.410 e. The zero-order valence-electron chi connectivity index (χ0n) is 12.3. The van der Waals surface area contributed by atoms with Gasteiger partial charge in [0, 0.05) is 13.1 Å². The van der Waals surface area contributed by atoms with Gasteiger partial charge in [-0.05, 0) is 40.0 Å². The van der Waals surface area contributed by atoms with Crippen LogP contribution in [0.25, 0.3) is 0 Å². The van der Waals surface area contributed by atoms with Gasteiger partial charge in [0.1, 0.15) is 5.60 Å². The van der Waals surface area contributed by atoms with Gasteiger partial charge in [-0.25, -0.2) is 4.79 Å². The number of nitrogens with zero attached hydrogens (tertiary/aromatic N) is 1. The molecule has 0 aromatic rings. The molecule has 2 N–H and O–H groups in total. The molecule has 1 fully saturated rings. The van der Waals surface area contributed by atoms with Gasteiger partial charge in [-0.2, -0.15) is 0 Å². The summed E-state index contributed by atoms with van der Waals surface area (Å²) >= 11 is 0. The Morgan fingerprint density at radius 3 is 2.28 bits per heavy atom. The van der Waals surface area contributed by atoms with Crippen molar-refractivity contribution < 1.29 is 9.53 Å². The molecular formula is C14H28N2O2. The molecule has 0 spiro atoms. The van der Waals surface area contributed by atoms with Crippen molar-refractivity contribution in [2.45, 2.75) is 70.9 Å². The topological polar surface area (TPSA) is 55.6 Å². The fourth-order valence-electron chi connectivity index (χ4n) is 2.68. The molecule has 4 heteroatoms. The Hall–Kier alpha value is -0.770. The molecule has 0 aromatic heterocycles. The highest BCUT2D eigenvalue weighted by Crippen LogP contribution is 2.35. The summed E-state index contributed by atoms with van der Waals surface area (Å²) < 4.78 is 5.52. The van der Waals surface area contributed by atoms with Crippen molar-refractivity contribution in [3.63, 3.8) is 0 Å². The molecule has 1 amide bonds. The highest BCUT2D eigenvalue weighted by atomic mass is 16.6. The molecule has 18 heavy (non-hydrogen) atoms. The van der Waals surface area contributed by atoms with Gasteiger partial charge in [-0.1, -0.05) is 19.8 Å². The molecular weight excluding hydrogens is 228 g/mol. The third kappa shape index (κ3) is 3.61. The summed E-state index contributed by atoms with van der Waals surface area (Å²) in [6.07, 6.45) is 5.03. The molecule has 0 saturated heterocycles. The Morgan fingerprint density at radius 1 is 1.33 bits per heavy atom. The van der Waals surface area contributed by atoms with Crippen LogP contribution in [0.2, 0.25) is 0 Å². The summed E-state index contributed by atoms with van der Waals surface area (Å²) in [5, 5.41) is 0. The number of ether oxygens (including phenoxy) is 1. The average Bonchev–Trinajstić information content (AvgIpc) is 2.72. The lowest BCUT2D eigenvalue weighted by molar-refractivity contribution is -0.00117. The first kappa shape index (κ1) is 15.3. The van der Waals surface area contributed by atoms with E-state index in [2.05, 4.69) is 6.92 Å². The molecule has 0 aliphatic heterocycles. The van der Waals surface area contributed by atoms with Crippen LogP contribution in [0.1, 0.15) is 59.8 Å². The van der Waals surface area contributed by atoms with Crippen molar-refractivity contribution in [1.82, 2.24) is 4.90 Å². The first-order valence-electron chi connectivity index (χ1n) is 7.05. The third-order valence-corrected chi connectivity index (χ3v) is 3.55. The Labute approximate surface area is 111 Å². The van der Waals surface area contributed by atoms with Gasteiger partial charge in [0.2, 0.25) is 0 Å². The Kier molecular flexibility index (Phi) is 5.02. The van der Waals surface area contributed by atoms with E-state index in [9.17, 15) is 4.79 Å². The number of carbonyl (C=O) groups excluding carboxylic acids is 1. The second-order valence-corrected chi connectivity index (χ2v) is 6.27. The van der Waals surface area contributed by atoms with Gasteiger partial charge in [0.25, 0.3) is 0 Å². The molecule has 1 aliphatic rings. The number of amides is 1. The number of hydrogen-bond acceptors (Lipinski definition) is 3. The second kappa shape index (κ2) is 5.91. The van der Waals surface area contributed by atoms with E-state index in [0.717, 1.165) is 38.6 Å². The third-order valence-electron chi connectivity index (χ3n) is 3.55. The maximum Gasteiger partial charge on any atom is 0.410 e. The molecule has 0 atom stereocenters. The summed E-state index contributed by atoms with van der Waals surface area (Å²) in [6, 6.07) is 0. The quantitative estimate of drug-likeness (QED) is 0.841.